The van der Waals surface area contributed by atoms with Crippen LogP contribution in [0, 0.1) is 5.82 Å². The lowest BCUT2D eigenvalue weighted by atomic mass is 10.0. The summed E-state index contributed by atoms with van der Waals surface area (Å²) >= 11 is 3.34. The Morgan fingerprint density at radius 2 is 2.11 bits per heavy atom. The van der Waals surface area contributed by atoms with Gasteiger partial charge in [-0.3, -0.25) is 4.98 Å². The molecule has 1 aromatic carbocycles. The smallest absolute Gasteiger partial charge is 0.124 e. The molecule has 0 bridgehead atoms. The van der Waals surface area contributed by atoms with Crippen LogP contribution in [0.3, 0.4) is 0 Å². The molecule has 0 fully saturated rings. The number of hydrogen-bond donors (Lipinski definition) is 1. The average Bonchev–Trinajstić information content (AvgIpc) is 2.39. The van der Waals surface area contributed by atoms with Crippen molar-refractivity contribution in [2.75, 3.05) is 0 Å². The van der Waals surface area contributed by atoms with Crippen molar-refractivity contribution in [2.45, 2.75) is 25.8 Å². The average molecular weight is 323 g/mol. The summed E-state index contributed by atoms with van der Waals surface area (Å²) in [6, 6.07) is 8.43. The van der Waals surface area contributed by atoms with E-state index >= 15 is 0 Å². The summed E-state index contributed by atoms with van der Waals surface area (Å²) < 4.78 is 13.7. The van der Waals surface area contributed by atoms with Crippen molar-refractivity contribution in [1.29, 1.82) is 0 Å². The van der Waals surface area contributed by atoms with E-state index in [2.05, 4.69) is 33.9 Å². The first kappa shape index (κ1) is 14.2. The number of nitrogens with two attached hydrogens (primary N) is 1. The molecule has 1 heterocycles. The maximum absolute atomic E-state index is 13.0. The molecule has 0 amide bonds. The highest BCUT2D eigenvalue weighted by atomic mass is 79.9. The van der Waals surface area contributed by atoms with Gasteiger partial charge in [-0.15, -0.1) is 0 Å². The van der Waals surface area contributed by atoms with Gasteiger partial charge >= 0.3 is 0 Å². The van der Waals surface area contributed by atoms with Crippen molar-refractivity contribution in [3.8, 4) is 0 Å². The van der Waals surface area contributed by atoms with E-state index in [0.29, 0.717) is 10.9 Å². The molecular formula is C15H16BrFN2. The van der Waals surface area contributed by atoms with E-state index in [0.717, 1.165) is 17.7 Å². The second-order valence-corrected chi connectivity index (χ2v) is 5.34. The van der Waals surface area contributed by atoms with E-state index < -0.39 is 0 Å². The van der Waals surface area contributed by atoms with E-state index in [1.807, 2.05) is 12.3 Å². The van der Waals surface area contributed by atoms with Crippen LogP contribution in [0.2, 0.25) is 0 Å². The maximum Gasteiger partial charge on any atom is 0.124 e. The van der Waals surface area contributed by atoms with Crippen LogP contribution in [-0.4, -0.2) is 4.98 Å². The van der Waals surface area contributed by atoms with Crippen molar-refractivity contribution in [3.63, 3.8) is 0 Å². The van der Waals surface area contributed by atoms with Gasteiger partial charge in [0.05, 0.1) is 0 Å². The molecule has 2 rings (SSSR count). The lowest BCUT2D eigenvalue weighted by Gasteiger charge is -2.13. The Balaban J connectivity index is 2.13. The minimum absolute atomic E-state index is 0.199. The third kappa shape index (κ3) is 3.61. The molecule has 0 saturated carbocycles. The fourth-order valence-corrected chi connectivity index (χ4v) is 2.57. The van der Waals surface area contributed by atoms with Crippen LogP contribution in [0.5, 0.6) is 0 Å². The Kier molecular flexibility index (Phi) is 4.66. The Labute approximate surface area is 121 Å². The maximum atomic E-state index is 13.0. The van der Waals surface area contributed by atoms with Crippen LogP contribution in [0.15, 0.2) is 41.0 Å². The van der Waals surface area contributed by atoms with E-state index in [4.69, 9.17) is 5.73 Å². The van der Waals surface area contributed by atoms with Gasteiger partial charge in [-0.1, -0.05) is 35.0 Å². The zero-order valence-corrected chi connectivity index (χ0v) is 12.3. The molecule has 4 heteroatoms. The summed E-state index contributed by atoms with van der Waals surface area (Å²) in [6.45, 7) is 2.10. The summed E-state index contributed by atoms with van der Waals surface area (Å²) in [5.74, 6) is -0.270. The van der Waals surface area contributed by atoms with Crippen LogP contribution in [-0.2, 0) is 12.8 Å². The SMILES string of the molecule is CCc1ccc(CC(N)c2ccc(F)cc2Br)nc1. The molecule has 1 aromatic heterocycles. The Morgan fingerprint density at radius 3 is 2.68 bits per heavy atom. The minimum atomic E-state index is -0.270. The van der Waals surface area contributed by atoms with Gasteiger partial charge in [-0.05, 0) is 35.7 Å². The molecule has 0 spiro atoms. The van der Waals surface area contributed by atoms with Gasteiger partial charge in [-0.2, -0.15) is 0 Å². The minimum Gasteiger partial charge on any atom is -0.324 e. The molecule has 0 aliphatic rings. The van der Waals surface area contributed by atoms with E-state index in [9.17, 15) is 4.39 Å². The third-order valence-corrected chi connectivity index (χ3v) is 3.77. The van der Waals surface area contributed by atoms with Gasteiger partial charge in [0.25, 0.3) is 0 Å². The lowest BCUT2D eigenvalue weighted by molar-refractivity contribution is 0.622. The Hall–Kier alpha value is -1.26. The van der Waals surface area contributed by atoms with Gasteiger partial charge < -0.3 is 5.73 Å². The molecule has 19 heavy (non-hydrogen) atoms. The predicted octanol–water partition coefficient (Wildman–Crippen LogP) is 3.79. The predicted molar refractivity (Wildman–Crippen MR) is 78.3 cm³/mol. The molecule has 2 N–H and O–H groups in total. The molecule has 1 unspecified atom stereocenters. The number of halogens is 2. The Morgan fingerprint density at radius 1 is 1.32 bits per heavy atom. The molecule has 100 valence electrons. The number of aromatic nitrogens is 1. The van der Waals surface area contributed by atoms with Crippen LogP contribution < -0.4 is 5.73 Å². The molecule has 2 aromatic rings. The van der Waals surface area contributed by atoms with Crippen molar-refractivity contribution < 1.29 is 4.39 Å². The zero-order chi connectivity index (χ0) is 13.8. The van der Waals surface area contributed by atoms with E-state index in [1.54, 1.807) is 6.07 Å². The summed E-state index contributed by atoms with van der Waals surface area (Å²) in [6.07, 6.45) is 3.48. The van der Waals surface area contributed by atoms with Crippen molar-refractivity contribution in [2.24, 2.45) is 5.73 Å². The van der Waals surface area contributed by atoms with Gasteiger partial charge in [0.1, 0.15) is 5.82 Å². The normalized spacial score (nSPS) is 12.4. The highest BCUT2D eigenvalue weighted by Crippen LogP contribution is 2.25. The van der Waals surface area contributed by atoms with Crippen LogP contribution >= 0.6 is 15.9 Å². The lowest BCUT2D eigenvalue weighted by Crippen LogP contribution is -2.14. The number of hydrogen-bond acceptors (Lipinski definition) is 2. The first-order valence-electron chi connectivity index (χ1n) is 6.24. The standard InChI is InChI=1S/C15H16BrFN2/c1-2-10-3-5-12(19-9-10)8-15(18)13-6-4-11(17)7-14(13)16/h3-7,9,15H,2,8,18H2,1H3. The molecule has 2 nitrogen and oxygen atoms in total. The first-order chi connectivity index (χ1) is 9.10. The molecule has 0 aliphatic carbocycles. The van der Waals surface area contributed by atoms with Gasteiger partial charge in [0.2, 0.25) is 0 Å². The fraction of sp³-hybridized carbons (Fsp3) is 0.267. The van der Waals surface area contributed by atoms with Crippen LogP contribution in [0.4, 0.5) is 4.39 Å². The number of aryl methyl sites for hydroxylation is 1. The molecule has 0 aliphatic heterocycles. The monoisotopic (exact) mass is 322 g/mol. The fourth-order valence-electron chi connectivity index (χ4n) is 1.92. The first-order valence-corrected chi connectivity index (χ1v) is 7.03. The molecule has 1 atom stereocenters. The number of pyridine rings is 1. The summed E-state index contributed by atoms with van der Waals surface area (Å²) in [7, 11) is 0. The highest BCUT2D eigenvalue weighted by molar-refractivity contribution is 9.10. The highest BCUT2D eigenvalue weighted by Gasteiger charge is 2.12. The number of rotatable bonds is 4. The second kappa shape index (κ2) is 6.26. The summed E-state index contributed by atoms with van der Waals surface area (Å²) in [4.78, 5) is 4.39. The molecule has 0 saturated heterocycles. The Bertz CT molecular complexity index is 555. The number of nitrogens with zero attached hydrogens (tertiary/aromatic N) is 1. The topological polar surface area (TPSA) is 38.9 Å². The zero-order valence-electron chi connectivity index (χ0n) is 10.7. The van der Waals surface area contributed by atoms with E-state index in [1.165, 1.54) is 17.7 Å². The van der Waals surface area contributed by atoms with Crippen molar-refractivity contribution in [3.05, 3.63) is 63.6 Å². The summed E-state index contributed by atoms with van der Waals surface area (Å²) in [5.41, 5.74) is 9.20. The molecular weight excluding hydrogens is 307 g/mol. The third-order valence-electron chi connectivity index (χ3n) is 3.09. The van der Waals surface area contributed by atoms with Crippen LogP contribution in [0.25, 0.3) is 0 Å². The van der Waals surface area contributed by atoms with Crippen molar-refractivity contribution in [1.82, 2.24) is 4.98 Å². The number of benzene rings is 1. The largest absolute Gasteiger partial charge is 0.324 e. The van der Waals surface area contributed by atoms with Crippen LogP contribution in [0.1, 0.15) is 29.8 Å². The van der Waals surface area contributed by atoms with Gasteiger partial charge in [-0.25, -0.2) is 4.39 Å². The quantitative estimate of drug-likeness (QED) is 0.930. The van der Waals surface area contributed by atoms with Crippen molar-refractivity contribution >= 4 is 15.9 Å². The molecule has 0 radical (unpaired) electrons. The van der Waals surface area contributed by atoms with Gasteiger partial charge in [0, 0.05) is 28.8 Å². The summed E-state index contributed by atoms with van der Waals surface area (Å²) in [5, 5.41) is 0. The van der Waals surface area contributed by atoms with E-state index in [-0.39, 0.29) is 11.9 Å². The van der Waals surface area contributed by atoms with Gasteiger partial charge in [0.15, 0.2) is 0 Å². The second-order valence-electron chi connectivity index (χ2n) is 4.49.